The Morgan fingerprint density at radius 2 is 1.82 bits per heavy atom. The number of phenolic OH excluding ortho intramolecular Hbond substituents is 1. The number of hydrogen-bond donors (Lipinski definition) is 3. The summed E-state index contributed by atoms with van der Waals surface area (Å²) in [4.78, 5) is 29.5. The fraction of sp³-hybridized carbons (Fsp3) is 0.273. The number of fused-ring (bicyclic) bond motifs is 1. The summed E-state index contributed by atoms with van der Waals surface area (Å²) in [5.41, 5.74) is 1.52. The lowest BCUT2D eigenvalue weighted by molar-refractivity contribution is 0.102. The number of aromatic nitrogens is 1. The van der Waals surface area contributed by atoms with E-state index in [4.69, 9.17) is 0 Å². The maximum absolute atomic E-state index is 12.8. The topological polar surface area (TPSA) is 82.2 Å². The van der Waals surface area contributed by atoms with Gasteiger partial charge in [-0.05, 0) is 17.5 Å². The first-order valence-electron chi connectivity index (χ1n) is 8.96. The molecule has 0 aliphatic rings. The summed E-state index contributed by atoms with van der Waals surface area (Å²) in [5, 5.41) is 13.8. The molecule has 3 rings (SSSR count). The van der Waals surface area contributed by atoms with Gasteiger partial charge in [0, 0.05) is 45.7 Å². The van der Waals surface area contributed by atoms with Crippen molar-refractivity contribution in [3.05, 3.63) is 63.9 Å². The van der Waals surface area contributed by atoms with Crippen molar-refractivity contribution in [2.75, 3.05) is 17.8 Å². The number of rotatable bonds is 3. The fourth-order valence-electron chi connectivity index (χ4n) is 3.13. The number of carbonyl (C=O) groups excluding carboxylic acids is 1. The van der Waals surface area contributed by atoms with Crippen molar-refractivity contribution >= 4 is 33.4 Å². The molecule has 2 aromatic carbocycles. The quantitative estimate of drug-likeness (QED) is 0.584. The number of aromatic hydroxyl groups is 1. The highest BCUT2D eigenvalue weighted by Crippen LogP contribution is 2.37. The summed E-state index contributed by atoms with van der Waals surface area (Å²) in [7, 11) is -0.156. The Bertz CT molecular complexity index is 1110. The van der Waals surface area contributed by atoms with Crippen LogP contribution in [-0.4, -0.2) is 28.5 Å². The number of anilines is 1. The molecule has 0 fully saturated rings. The van der Waals surface area contributed by atoms with Crippen LogP contribution in [0.15, 0.2) is 52.3 Å². The molecular weight excluding hydrogens is 372 g/mol. The SMILES string of the molecule is C[S+](C)c1cc(C(C)(C)C)c(O)cc1NC(=O)c1c[nH]c2ccccc2c1=O. The molecule has 0 bridgehead atoms. The van der Waals surface area contributed by atoms with Crippen LogP contribution in [0.1, 0.15) is 36.7 Å². The molecule has 0 saturated heterocycles. The Kier molecular flexibility index (Phi) is 5.26. The van der Waals surface area contributed by atoms with E-state index in [1.807, 2.05) is 32.9 Å². The van der Waals surface area contributed by atoms with Gasteiger partial charge in [-0.1, -0.05) is 32.9 Å². The van der Waals surface area contributed by atoms with E-state index < -0.39 is 5.91 Å². The number of nitrogens with one attached hydrogen (secondary N) is 2. The molecule has 3 N–H and O–H groups in total. The number of benzene rings is 2. The van der Waals surface area contributed by atoms with Crippen molar-refractivity contribution in [1.29, 1.82) is 0 Å². The van der Waals surface area contributed by atoms with Crippen molar-refractivity contribution in [1.82, 2.24) is 4.98 Å². The minimum Gasteiger partial charge on any atom is -0.508 e. The van der Waals surface area contributed by atoms with E-state index in [1.54, 1.807) is 24.3 Å². The predicted molar refractivity (Wildman–Crippen MR) is 117 cm³/mol. The number of hydrogen-bond acceptors (Lipinski definition) is 3. The Hall–Kier alpha value is -2.73. The third-order valence-electron chi connectivity index (χ3n) is 4.63. The highest BCUT2D eigenvalue weighted by molar-refractivity contribution is 7.95. The number of para-hydroxylation sites is 1. The van der Waals surface area contributed by atoms with Crippen LogP contribution in [0.2, 0.25) is 0 Å². The van der Waals surface area contributed by atoms with Gasteiger partial charge in [-0.15, -0.1) is 0 Å². The average molecular weight is 398 g/mol. The van der Waals surface area contributed by atoms with Crippen LogP contribution >= 0.6 is 0 Å². The van der Waals surface area contributed by atoms with Gasteiger partial charge < -0.3 is 15.4 Å². The summed E-state index contributed by atoms with van der Waals surface area (Å²) in [6.45, 7) is 6.09. The monoisotopic (exact) mass is 397 g/mol. The minimum absolute atomic E-state index is 0.0381. The number of carbonyl (C=O) groups is 1. The van der Waals surface area contributed by atoms with Gasteiger partial charge in [0.25, 0.3) is 5.91 Å². The van der Waals surface area contributed by atoms with Crippen LogP contribution in [0.4, 0.5) is 5.69 Å². The highest BCUT2D eigenvalue weighted by atomic mass is 32.2. The highest BCUT2D eigenvalue weighted by Gasteiger charge is 2.26. The molecule has 0 spiro atoms. The standard InChI is InChI=1S/C22H24N2O3S/c1-22(2,3)15-10-19(28(4)5)17(11-18(15)25)24-21(27)14-12-23-16-9-7-6-8-13(16)20(14)26/h6-12H,1-5H3,(H2-,23,24,25,26,27)/p+1. The third-order valence-corrected chi connectivity index (χ3v) is 5.84. The maximum atomic E-state index is 12.8. The van der Waals surface area contributed by atoms with Gasteiger partial charge in [0.2, 0.25) is 5.43 Å². The molecule has 6 heteroatoms. The number of pyridine rings is 1. The molecule has 0 radical (unpaired) electrons. The summed E-state index contributed by atoms with van der Waals surface area (Å²) in [6, 6.07) is 10.6. The molecule has 0 atom stereocenters. The lowest BCUT2D eigenvalue weighted by Gasteiger charge is -2.22. The fourth-order valence-corrected chi connectivity index (χ4v) is 4.03. The Labute approximate surface area is 167 Å². The number of amides is 1. The normalized spacial score (nSPS) is 11.8. The molecule has 1 heterocycles. The van der Waals surface area contributed by atoms with E-state index in [1.165, 1.54) is 6.20 Å². The molecule has 0 saturated carbocycles. The van der Waals surface area contributed by atoms with E-state index in [-0.39, 0.29) is 33.1 Å². The smallest absolute Gasteiger partial charge is 0.261 e. The van der Waals surface area contributed by atoms with Crippen LogP contribution in [-0.2, 0) is 16.3 Å². The van der Waals surface area contributed by atoms with E-state index in [0.29, 0.717) is 16.6 Å². The van der Waals surface area contributed by atoms with E-state index in [2.05, 4.69) is 22.8 Å². The summed E-state index contributed by atoms with van der Waals surface area (Å²) in [6.07, 6.45) is 5.54. The van der Waals surface area contributed by atoms with Crippen molar-refractivity contribution in [3.8, 4) is 5.75 Å². The zero-order valence-electron chi connectivity index (χ0n) is 16.7. The molecule has 146 valence electrons. The number of phenols is 1. The molecule has 28 heavy (non-hydrogen) atoms. The van der Waals surface area contributed by atoms with E-state index >= 15 is 0 Å². The molecular formula is C22H25N2O3S+. The first-order valence-corrected chi connectivity index (χ1v) is 11.0. The van der Waals surface area contributed by atoms with Crippen molar-refractivity contribution in [2.45, 2.75) is 31.1 Å². The zero-order valence-corrected chi connectivity index (χ0v) is 17.5. The molecule has 1 amide bonds. The summed E-state index contributed by atoms with van der Waals surface area (Å²) in [5.74, 6) is -0.369. The third kappa shape index (κ3) is 3.78. The van der Waals surface area contributed by atoms with Crippen LogP contribution in [0.25, 0.3) is 10.9 Å². The minimum atomic E-state index is -0.499. The average Bonchev–Trinajstić information content (AvgIpc) is 2.60. The molecule has 0 unspecified atom stereocenters. The van der Waals surface area contributed by atoms with Gasteiger partial charge >= 0.3 is 0 Å². The predicted octanol–water partition coefficient (Wildman–Crippen LogP) is 4.02. The van der Waals surface area contributed by atoms with Crippen LogP contribution < -0.4 is 10.7 Å². The van der Waals surface area contributed by atoms with Crippen LogP contribution in [0.3, 0.4) is 0 Å². The maximum Gasteiger partial charge on any atom is 0.261 e. The van der Waals surface area contributed by atoms with Gasteiger partial charge in [-0.3, -0.25) is 9.59 Å². The van der Waals surface area contributed by atoms with Gasteiger partial charge in [0.15, 0.2) is 4.90 Å². The number of aromatic amines is 1. The lowest BCUT2D eigenvalue weighted by atomic mass is 9.86. The van der Waals surface area contributed by atoms with Gasteiger partial charge in [0.05, 0.1) is 0 Å². The zero-order chi connectivity index (χ0) is 20.6. The second kappa shape index (κ2) is 7.36. The van der Waals surface area contributed by atoms with Crippen LogP contribution in [0, 0.1) is 0 Å². The van der Waals surface area contributed by atoms with Crippen LogP contribution in [0.5, 0.6) is 5.75 Å². The number of H-pyrrole nitrogens is 1. The lowest BCUT2D eigenvalue weighted by Crippen LogP contribution is -2.23. The Morgan fingerprint density at radius 1 is 1.14 bits per heavy atom. The Morgan fingerprint density at radius 3 is 2.46 bits per heavy atom. The first-order chi connectivity index (χ1) is 13.1. The molecule has 3 aromatic rings. The first kappa shape index (κ1) is 20.0. The largest absolute Gasteiger partial charge is 0.508 e. The molecule has 1 aromatic heterocycles. The van der Waals surface area contributed by atoms with Gasteiger partial charge in [-0.2, -0.15) is 0 Å². The second-order valence-corrected chi connectivity index (χ2v) is 10.0. The van der Waals surface area contributed by atoms with Crippen molar-refractivity contribution < 1.29 is 9.90 Å². The van der Waals surface area contributed by atoms with E-state index in [9.17, 15) is 14.7 Å². The van der Waals surface area contributed by atoms with Gasteiger partial charge in [-0.25, -0.2) is 0 Å². The summed E-state index contributed by atoms with van der Waals surface area (Å²) >= 11 is 0. The molecule has 0 aliphatic heterocycles. The van der Waals surface area contributed by atoms with Crippen molar-refractivity contribution in [2.24, 2.45) is 0 Å². The van der Waals surface area contributed by atoms with Crippen molar-refractivity contribution in [3.63, 3.8) is 0 Å². The summed E-state index contributed by atoms with van der Waals surface area (Å²) < 4.78 is 0. The molecule has 0 aliphatic carbocycles. The second-order valence-electron chi connectivity index (χ2n) is 7.96. The van der Waals surface area contributed by atoms with E-state index in [0.717, 1.165) is 10.5 Å². The Balaban J connectivity index is 2.04. The van der Waals surface area contributed by atoms with Gasteiger partial charge in [0.1, 0.15) is 29.5 Å². The molecule has 5 nitrogen and oxygen atoms in total.